The zero-order valence-corrected chi connectivity index (χ0v) is 15.5. The SMILES string of the molecule is c1ccc(-c2cc(-c3ccccc3)cc(-c3ccc4ccccc4c3)c2)cc1. The van der Waals surface area contributed by atoms with Gasteiger partial charge in [-0.3, -0.25) is 0 Å². The Morgan fingerprint density at radius 3 is 1.29 bits per heavy atom. The van der Waals surface area contributed by atoms with E-state index in [1.165, 1.54) is 44.2 Å². The summed E-state index contributed by atoms with van der Waals surface area (Å²) < 4.78 is 0. The van der Waals surface area contributed by atoms with Crippen LogP contribution in [-0.4, -0.2) is 0 Å². The molecular formula is C28H20. The summed E-state index contributed by atoms with van der Waals surface area (Å²) in [5, 5.41) is 2.54. The van der Waals surface area contributed by atoms with Crippen molar-refractivity contribution in [3.63, 3.8) is 0 Å². The Bertz CT molecular complexity index is 1180. The Kier molecular flexibility index (Phi) is 4.23. The lowest BCUT2D eigenvalue weighted by atomic mass is 9.92. The summed E-state index contributed by atoms with van der Waals surface area (Å²) in [6.45, 7) is 0. The van der Waals surface area contributed by atoms with Crippen LogP contribution in [0.3, 0.4) is 0 Å². The third-order valence-corrected chi connectivity index (χ3v) is 5.23. The highest BCUT2D eigenvalue weighted by Crippen LogP contribution is 2.33. The molecule has 0 aliphatic carbocycles. The van der Waals surface area contributed by atoms with Crippen molar-refractivity contribution in [1.29, 1.82) is 0 Å². The monoisotopic (exact) mass is 356 g/mol. The summed E-state index contributed by atoms with van der Waals surface area (Å²) in [4.78, 5) is 0. The second-order valence-electron chi connectivity index (χ2n) is 7.09. The minimum absolute atomic E-state index is 1.24. The maximum atomic E-state index is 2.30. The van der Waals surface area contributed by atoms with Gasteiger partial charge < -0.3 is 0 Å². The highest BCUT2D eigenvalue weighted by Gasteiger charge is 2.08. The minimum Gasteiger partial charge on any atom is -0.0622 e. The maximum Gasteiger partial charge on any atom is -0.0171 e. The molecule has 0 spiro atoms. The molecule has 0 unspecified atom stereocenters. The van der Waals surface area contributed by atoms with E-state index in [4.69, 9.17) is 0 Å². The quantitative estimate of drug-likeness (QED) is 0.309. The molecule has 0 saturated heterocycles. The maximum absolute atomic E-state index is 2.30. The molecule has 0 fully saturated rings. The van der Waals surface area contributed by atoms with E-state index in [1.807, 2.05) is 0 Å². The number of hydrogen-bond acceptors (Lipinski definition) is 0. The fourth-order valence-corrected chi connectivity index (χ4v) is 3.76. The van der Waals surface area contributed by atoms with E-state index in [0.717, 1.165) is 0 Å². The van der Waals surface area contributed by atoms with Gasteiger partial charge in [-0.1, -0.05) is 97.1 Å². The number of rotatable bonds is 3. The summed E-state index contributed by atoms with van der Waals surface area (Å²) in [7, 11) is 0. The van der Waals surface area contributed by atoms with Crippen LogP contribution >= 0.6 is 0 Å². The fraction of sp³-hybridized carbons (Fsp3) is 0. The molecule has 0 atom stereocenters. The average Bonchev–Trinajstić information content (AvgIpc) is 2.79. The van der Waals surface area contributed by atoms with Crippen LogP contribution in [0.4, 0.5) is 0 Å². The van der Waals surface area contributed by atoms with Crippen molar-refractivity contribution in [2.75, 3.05) is 0 Å². The van der Waals surface area contributed by atoms with Gasteiger partial charge in [0.25, 0.3) is 0 Å². The van der Waals surface area contributed by atoms with Gasteiger partial charge in [0, 0.05) is 0 Å². The van der Waals surface area contributed by atoms with Gasteiger partial charge >= 0.3 is 0 Å². The Hall–Kier alpha value is -3.64. The van der Waals surface area contributed by atoms with E-state index in [1.54, 1.807) is 0 Å². The van der Waals surface area contributed by atoms with Crippen LogP contribution in [0.1, 0.15) is 0 Å². The van der Waals surface area contributed by atoms with E-state index in [9.17, 15) is 0 Å². The van der Waals surface area contributed by atoms with Crippen molar-refractivity contribution in [1.82, 2.24) is 0 Å². The summed E-state index contributed by atoms with van der Waals surface area (Å²) in [5.41, 5.74) is 7.44. The van der Waals surface area contributed by atoms with Crippen LogP contribution in [0.15, 0.2) is 121 Å². The Labute approximate surface area is 165 Å². The molecule has 0 bridgehead atoms. The second kappa shape index (κ2) is 7.17. The van der Waals surface area contributed by atoms with Gasteiger partial charge in [-0.15, -0.1) is 0 Å². The van der Waals surface area contributed by atoms with E-state index in [2.05, 4.69) is 121 Å². The zero-order valence-electron chi connectivity index (χ0n) is 15.5. The molecule has 132 valence electrons. The summed E-state index contributed by atoms with van der Waals surface area (Å²) in [5.74, 6) is 0. The molecular weight excluding hydrogens is 336 g/mol. The van der Waals surface area contributed by atoms with Gasteiger partial charge in [-0.2, -0.15) is 0 Å². The standard InChI is InChI=1S/C28H20/c1-3-9-21(10-4-1)26-18-27(22-11-5-2-6-12-22)20-28(19-26)25-16-15-23-13-7-8-14-24(23)17-25/h1-20H. The summed E-state index contributed by atoms with van der Waals surface area (Å²) in [6.07, 6.45) is 0. The molecule has 0 aliphatic rings. The molecule has 0 amide bonds. The average molecular weight is 356 g/mol. The van der Waals surface area contributed by atoms with Crippen molar-refractivity contribution in [3.8, 4) is 33.4 Å². The lowest BCUT2D eigenvalue weighted by Crippen LogP contribution is -1.86. The van der Waals surface area contributed by atoms with Crippen molar-refractivity contribution < 1.29 is 0 Å². The molecule has 0 N–H and O–H groups in total. The molecule has 0 saturated carbocycles. The molecule has 28 heavy (non-hydrogen) atoms. The molecule has 0 nitrogen and oxygen atoms in total. The van der Waals surface area contributed by atoms with Gasteiger partial charge in [0.15, 0.2) is 0 Å². The summed E-state index contributed by atoms with van der Waals surface area (Å²) >= 11 is 0. The largest absolute Gasteiger partial charge is 0.0622 e. The lowest BCUT2D eigenvalue weighted by Gasteiger charge is -2.12. The number of benzene rings is 5. The Morgan fingerprint density at radius 2 is 0.714 bits per heavy atom. The van der Waals surface area contributed by atoms with E-state index >= 15 is 0 Å². The van der Waals surface area contributed by atoms with Gasteiger partial charge in [-0.05, 0) is 68.4 Å². The van der Waals surface area contributed by atoms with Crippen molar-refractivity contribution in [2.45, 2.75) is 0 Å². The third-order valence-electron chi connectivity index (χ3n) is 5.23. The van der Waals surface area contributed by atoms with Gasteiger partial charge in [0.05, 0.1) is 0 Å². The van der Waals surface area contributed by atoms with Crippen molar-refractivity contribution in [2.24, 2.45) is 0 Å². The van der Waals surface area contributed by atoms with E-state index in [-0.39, 0.29) is 0 Å². The topological polar surface area (TPSA) is 0 Å². The normalized spacial score (nSPS) is 10.9. The molecule has 0 aliphatic heterocycles. The minimum atomic E-state index is 1.24. The first-order valence-electron chi connectivity index (χ1n) is 9.62. The van der Waals surface area contributed by atoms with Crippen LogP contribution in [0.5, 0.6) is 0 Å². The zero-order chi connectivity index (χ0) is 18.8. The van der Waals surface area contributed by atoms with Crippen LogP contribution < -0.4 is 0 Å². The number of fused-ring (bicyclic) bond motifs is 1. The first kappa shape index (κ1) is 16.5. The third kappa shape index (κ3) is 3.21. The molecule has 0 aromatic heterocycles. The van der Waals surface area contributed by atoms with Crippen molar-refractivity contribution >= 4 is 10.8 Å². The van der Waals surface area contributed by atoms with Gasteiger partial charge in [0.1, 0.15) is 0 Å². The fourth-order valence-electron chi connectivity index (χ4n) is 3.76. The first-order valence-corrected chi connectivity index (χ1v) is 9.62. The van der Waals surface area contributed by atoms with Crippen LogP contribution in [0, 0.1) is 0 Å². The summed E-state index contributed by atoms with van der Waals surface area (Å²) in [6, 6.07) is 43.3. The molecule has 0 heteroatoms. The molecule has 0 radical (unpaired) electrons. The molecule has 5 aromatic rings. The second-order valence-corrected chi connectivity index (χ2v) is 7.09. The molecule has 5 aromatic carbocycles. The lowest BCUT2D eigenvalue weighted by molar-refractivity contribution is 1.57. The number of hydrogen-bond donors (Lipinski definition) is 0. The molecule has 0 heterocycles. The van der Waals surface area contributed by atoms with Crippen LogP contribution in [0.25, 0.3) is 44.2 Å². The van der Waals surface area contributed by atoms with E-state index < -0.39 is 0 Å². The van der Waals surface area contributed by atoms with Gasteiger partial charge in [-0.25, -0.2) is 0 Å². The van der Waals surface area contributed by atoms with Crippen molar-refractivity contribution in [3.05, 3.63) is 121 Å². The predicted octanol–water partition coefficient (Wildman–Crippen LogP) is 7.84. The van der Waals surface area contributed by atoms with Crippen LogP contribution in [0.2, 0.25) is 0 Å². The van der Waals surface area contributed by atoms with Crippen LogP contribution in [-0.2, 0) is 0 Å². The Morgan fingerprint density at radius 1 is 0.250 bits per heavy atom. The highest BCUT2D eigenvalue weighted by atomic mass is 14.1. The van der Waals surface area contributed by atoms with E-state index in [0.29, 0.717) is 0 Å². The smallest absolute Gasteiger partial charge is 0.0171 e. The predicted molar refractivity (Wildman–Crippen MR) is 120 cm³/mol. The first-order chi connectivity index (χ1) is 13.9. The molecule has 5 rings (SSSR count). The Balaban J connectivity index is 1.72. The highest BCUT2D eigenvalue weighted by molar-refractivity contribution is 5.89. The van der Waals surface area contributed by atoms with Gasteiger partial charge in [0.2, 0.25) is 0 Å².